The number of hydrogen-bond acceptors (Lipinski definition) is 12. The number of nitrogens with zero attached hydrogens (tertiary/aromatic N) is 2. The van der Waals surface area contributed by atoms with Crippen LogP contribution in [0.5, 0.6) is 0 Å². The lowest BCUT2D eigenvalue weighted by Gasteiger charge is -2.10. The van der Waals surface area contributed by atoms with Crippen molar-refractivity contribution in [2.24, 2.45) is 0 Å². The van der Waals surface area contributed by atoms with Crippen LogP contribution in [0.15, 0.2) is 273 Å². The molecule has 0 unspecified atom stereocenters. The predicted molar refractivity (Wildman–Crippen MR) is 279 cm³/mol. The highest BCUT2D eigenvalue weighted by atomic mass is 79.9. The van der Waals surface area contributed by atoms with Gasteiger partial charge in [0.25, 0.3) is 0 Å². The fourth-order valence-electron chi connectivity index (χ4n) is 6.73. The molecule has 9 aromatic rings. The molecule has 0 amide bonds. The van der Waals surface area contributed by atoms with Crippen molar-refractivity contribution in [1.82, 2.24) is 9.97 Å². The van der Waals surface area contributed by atoms with Gasteiger partial charge in [0, 0.05) is 33.7 Å². The molecule has 358 valence electrons. The van der Waals surface area contributed by atoms with Crippen molar-refractivity contribution in [3.05, 3.63) is 234 Å². The van der Waals surface area contributed by atoms with E-state index in [0.717, 1.165) is 31.2 Å². The molecule has 71 heavy (non-hydrogen) atoms. The highest BCUT2D eigenvalue weighted by molar-refractivity contribution is 9.10. The third-order valence-corrected chi connectivity index (χ3v) is 18.6. The van der Waals surface area contributed by atoms with Crippen molar-refractivity contribution in [2.45, 2.75) is 39.2 Å². The minimum atomic E-state index is -3.93. The number of aromatic nitrogens is 2. The van der Waals surface area contributed by atoms with Crippen molar-refractivity contribution >= 4 is 83.8 Å². The molecule has 7 aromatic carbocycles. The minimum Gasteiger partial charge on any atom is -0.423 e. The van der Waals surface area contributed by atoms with Gasteiger partial charge in [0.1, 0.15) is 0 Å². The Kier molecular flexibility index (Phi) is 16.8. The van der Waals surface area contributed by atoms with Crippen molar-refractivity contribution in [2.75, 3.05) is 0 Å². The van der Waals surface area contributed by atoms with Gasteiger partial charge in [-0.05, 0) is 149 Å². The standard InChI is InChI=1S/C28H20N2O4S2.C18H12Br2O4S2.C6H7BO2/c31-35(32,25-12-8-21(9-13-25)23-4-2-16-29-19-23)27-6-1-7-28(18-27)36(33,34)26-14-10-22(11-15-26)24-5-3-17-30-20-24;19-13-4-8-15(9-5-13)25(21,22)17-2-1-3-18(12-17)26(23,24)16-10-6-14(20)7-11-16;8-7(9)6-4-2-1-3-5-6/h1-20H;1-12H;1-5,8-9H. The van der Waals surface area contributed by atoms with E-state index in [1.807, 2.05) is 18.2 Å². The molecule has 0 saturated carbocycles. The van der Waals surface area contributed by atoms with Gasteiger partial charge in [0.05, 0.1) is 39.2 Å². The lowest BCUT2D eigenvalue weighted by Crippen LogP contribution is -2.29. The molecular weight excluding hydrogens is 1110 g/mol. The summed E-state index contributed by atoms with van der Waals surface area (Å²) in [5.41, 5.74) is 3.91. The summed E-state index contributed by atoms with van der Waals surface area (Å²) in [6.07, 6.45) is 6.72. The molecule has 0 bridgehead atoms. The smallest absolute Gasteiger partial charge is 0.423 e. The fraction of sp³-hybridized carbons (Fsp3) is 0. The summed E-state index contributed by atoms with van der Waals surface area (Å²) in [5.74, 6) is 0. The summed E-state index contributed by atoms with van der Waals surface area (Å²) < 4.78 is 106. The maximum atomic E-state index is 13.3. The van der Waals surface area contributed by atoms with Gasteiger partial charge in [-0.3, -0.25) is 9.97 Å². The van der Waals surface area contributed by atoms with Crippen LogP contribution in [0.4, 0.5) is 0 Å². The highest BCUT2D eigenvalue weighted by Crippen LogP contribution is 2.31. The van der Waals surface area contributed by atoms with E-state index in [1.165, 1.54) is 97.1 Å². The summed E-state index contributed by atoms with van der Waals surface area (Å²) in [7, 11) is -16.8. The van der Waals surface area contributed by atoms with E-state index in [1.54, 1.807) is 110 Å². The van der Waals surface area contributed by atoms with Gasteiger partial charge >= 0.3 is 7.12 Å². The van der Waals surface area contributed by atoms with E-state index in [2.05, 4.69) is 41.8 Å². The Morgan fingerprint density at radius 2 is 0.634 bits per heavy atom. The van der Waals surface area contributed by atoms with Gasteiger partial charge < -0.3 is 10.0 Å². The van der Waals surface area contributed by atoms with Crippen LogP contribution in [0.1, 0.15) is 0 Å². The number of sulfone groups is 4. The summed E-state index contributed by atoms with van der Waals surface area (Å²) >= 11 is 6.52. The Labute approximate surface area is 429 Å². The maximum absolute atomic E-state index is 13.3. The third-order valence-electron chi connectivity index (χ3n) is 10.5. The lowest BCUT2D eigenvalue weighted by atomic mass is 9.81. The normalized spacial score (nSPS) is 11.5. The molecule has 2 heterocycles. The molecule has 0 aliphatic carbocycles. The Balaban J connectivity index is 0.000000184. The molecule has 2 aromatic heterocycles. The second-order valence-corrected chi connectivity index (χ2v) is 24.8. The van der Waals surface area contributed by atoms with Crippen molar-refractivity contribution in [3.63, 3.8) is 0 Å². The van der Waals surface area contributed by atoms with Crippen LogP contribution in [-0.4, -0.2) is 60.8 Å². The van der Waals surface area contributed by atoms with Crippen LogP contribution in [0.3, 0.4) is 0 Å². The molecule has 2 N–H and O–H groups in total. The minimum absolute atomic E-state index is 0.0713. The van der Waals surface area contributed by atoms with E-state index < -0.39 is 46.5 Å². The molecule has 0 aliphatic rings. The zero-order valence-electron chi connectivity index (χ0n) is 36.9. The molecular formula is C52H39BBr2N2O10S4. The van der Waals surface area contributed by atoms with Gasteiger partial charge in [-0.15, -0.1) is 0 Å². The van der Waals surface area contributed by atoms with Crippen molar-refractivity contribution < 1.29 is 43.7 Å². The molecule has 19 heteroatoms. The first-order chi connectivity index (χ1) is 33.9. The van der Waals surface area contributed by atoms with E-state index in [4.69, 9.17) is 10.0 Å². The van der Waals surface area contributed by atoms with Gasteiger partial charge in [0.15, 0.2) is 0 Å². The van der Waals surface area contributed by atoms with Crippen LogP contribution in [0.2, 0.25) is 0 Å². The monoisotopic (exact) mass is 1150 g/mol. The van der Waals surface area contributed by atoms with E-state index in [0.29, 0.717) is 5.46 Å². The van der Waals surface area contributed by atoms with E-state index in [9.17, 15) is 33.7 Å². The zero-order valence-corrected chi connectivity index (χ0v) is 43.3. The summed E-state index contributed by atoms with van der Waals surface area (Å²) in [6.45, 7) is 0. The largest absolute Gasteiger partial charge is 0.488 e. The SMILES string of the molecule is O=S(=O)(c1ccc(-c2cccnc2)cc1)c1cccc(S(=O)(=O)c2ccc(-c3cccnc3)cc2)c1.O=S(=O)(c1ccc(Br)cc1)c1cccc(S(=O)(=O)c2ccc(Br)cc2)c1.OB(O)c1ccccc1. The van der Waals surface area contributed by atoms with E-state index in [-0.39, 0.29) is 39.2 Å². The number of pyridine rings is 2. The molecule has 0 radical (unpaired) electrons. The first-order valence-corrected chi connectivity index (χ1v) is 28.5. The number of hydrogen-bond donors (Lipinski definition) is 2. The maximum Gasteiger partial charge on any atom is 0.488 e. The Morgan fingerprint density at radius 1 is 0.324 bits per heavy atom. The first-order valence-electron chi connectivity index (χ1n) is 21.0. The Morgan fingerprint density at radius 3 is 0.901 bits per heavy atom. The summed E-state index contributed by atoms with van der Waals surface area (Å²) in [5, 5.41) is 17.2. The molecule has 12 nitrogen and oxygen atoms in total. The van der Waals surface area contributed by atoms with Crippen LogP contribution in [0, 0.1) is 0 Å². The van der Waals surface area contributed by atoms with Gasteiger partial charge in [-0.2, -0.15) is 0 Å². The zero-order chi connectivity index (χ0) is 50.8. The average Bonchev–Trinajstić information content (AvgIpc) is 3.40. The van der Waals surface area contributed by atoms with Crippen LogP contribution in [-0.2, 0) is 39.3 Å². The molecule has 0 aliphatic heterocycles. The predicted octanol–water partition coefficient (Wildman–Crippen LogP) is 9.72. The number of halogens is 2. The average molecular weight is 1150 g/mol. The lowest BCUT2D eigenvalue weighted by molar-refractivity contribution is 0.425. The van der Waals surface area contributed by atoms with Crippen LogP contribution in [0.25, 0.3) is 22.3 Å². The van der Waals surface area contributed by atoms with Crippen molar-refractivity contribution in [3.8, 4) is 22.3 Å². The van der Waals surface area contributed by atoms with Gasteiger partial charge in [0.2, 0.25) is 39.3 Å². The highest BCUT2D eigenvalue weighted by Gasteiger charge is 2.25. The Hall–Kier alpha value is -6.42. The molecule has 0 fully saturated rings. The number of rotatable bonds is 11. The topological polar surface area (TPSA) is 203 Å². The van der Waals surface area contributed by atoms with Crippen LogP contribution < -0.4 is 5.46 Å². The summed E-state index contributed by atoms with van der Waals surface area (Å²) in [4.78, 5) is 8.17. The molecule has 0 spiro atoms. The van der Waals surface area contributed by atoms with Gasteiger partial charge in [-0.25, -0.2) is 33.7 Å². The second kappa shape index (κ2) is 22.8. The molecule has 9 rings (SSSR count). The molecule has 0 saturated heterocycles. The third kappa shape index (κ3) is 12.7. The fourth-order valence-corrected chi connectivity index (χ4v) is 12.6. The Bertz CT molecular complexity index is 3500. The summed E-state index contributed by atoms with van der Waals surface area (Å²) in [6, 6.07) is 52.1. The first kappa shape index (κ1) is 52.4. The van der Waals surface area contributed by atoms with Crippen molar-refractivity contribution in [1.29, 1.82) is 0 Å². The quantitative estimate of drug-likeness (QED) is 0.116. The van der Waals surface area contributed by atoms with Gasteiger partial charge in [-0.1, -0.05) is 111 Å². The second-order valence-electron chi connectivity index (χ2n) is 15.2. The molecule has 0 atom stereocenters. The van der Waals surface area contributed by atoms with E-state index >= 15 is 0 Å². The number of benzene rings is 7. The van der Waals surface area contributed by atoms with Crippen LogP contribution >= 0.6 is 31.9 Å².